The summed E-state index contributed by atoms with van der Waals surface area (Å²) in [6.45, 7) is 3.36. The molecule has 0 heterocycles. The lowest BCUT2D eigenvalue weighted by atomic mass is 10.2. The van der Waals surface area contributed by atoms with Gasteiger partial charge in [-0.25, -0.2) is 4.79 Å². The highest BCUT2D eigenvalue weighted by Crippen LogP contribution is 2.22. The maximum atomic E-state index is 11.5. The Morgan fingerprint density at radius 1 is 1.35 bits per heavy atom. The second-order valence-electron chi connectivity index (χ2n) is 3.29. The number of methoxy groups -OCH3 is 1. The zero-order valence-electron chi connectivity index (χ0n) is 10.1. The minimum absolute atomic E-state index is 0.359. The van der Waals surface area contributed by atoms with Crippen LogP contribution in [-0.4, -0.2) is 32.9 Å². The Morgan fingerprint density at radius 3 is 2.76 bits per heavy atom. The maximum absolute atomic E-state index is 11.5. The molecule has 0 atom stereocenters. The van der Waals surface area contributed by atoms with Crippen LogP contribution in [0.15, 0.2) is 18.2 Å². The first-order valence-electron chi connectivity index (χ1n) is 5.37. The van der Waals surface area contributed by atoms with Crippen LogP contribution in [0.3, 0.4) is 0 Å². The molecule has 0 aliphatic heterocycles. The summed E-state index contributed by atoms with van der Waals surface area (Å²) in [5, 5.41) is 0. The van der Waals surface area contributed by atoms with E-state index in [1.807, 2.05) is 6.92 Å². The minimum Gasteiger partial charge on any atom is -0.490 e. The molecule has 0 radical (unpaired) electrons. The molecular formula is C12H17NO4. The summed E-state index contributed by atoms with van der Waals surface area (Å²) < 4.78 is 15.2. The van der Waals surface area contributed by atoms with Crippen LogP contribution in [-0.2, 0) is 9.47 Å². The zero-order valence-corrected chi connectivity index (χ0v) is 10.1. The first kappa shape index (κ1) is 13.3. The number of esters is 1. The van der Waals surface area contributed by atoms with Crippen molar-refractivity contribution in [3.05, 3.63) is 23.8 Å². The number of carbonyl (C=O) groups excluding carboxylic acids is 1. The lowest BCUT2D eigenvalue weighted by Crippen LogP contribution is -2.10. The van der Waals surface area contributed by atoms with E-state index in [0.717, 1.165) is 0 Å². The van der Waals surface area contributed by atoms with Crippen molar-refractivity contribution < 1.29 is 19.0 Å². The minimum atomic E-state index is -0.448. The van der Waals surface area contributed by atoms with Crippen LogP contribution in [0.25, 0.3) is 0 Å². The van der Waals surface area contributed by atoms with Gasteiger partial charge >= 0.3 is 5.97 Å². The number of hydrogen-bond acceptors (Lipinski definition) is 5. The predicted octanol–water partition coefficient (Wildman–Crippen LogP) is 1.47. The third kappa shape index (κ3) is 3.96. The standard InChI is InChI=1S/C12H17NO4/c1-3-16-6-7-17-11-8-9(13)4-5-10(11)12(14)15-2/h4-5,8H,3,6-7,13H2,1-2H3. The van der Waals surface area contributed by atoms with Gasteiger partial charge in [-0.05, 0) is 19.1 Å². The number of carbonyl (C=O) groups is 1. The molecule has 0 spiro atoms. The number of ether oxygens (including phenoxy) is 3. The Labute approximate surface area is 100 Å². The molecule has 17 heavy (non-hydrogen) atoms. The number of nitrogen functional groups attached to an aromatic ring is 1. The molecule has 0 aliphatic carbocycles. The van der Waals surface area contributed by atoms with E-state index < -0.39 is 5.97 Å². The Hall–Kier alpha value is -1.75. The van der Waals surface area contributed by atoms with Crippen LogP contribution in [0.1, 0.15) is 17.3 Å². The summed E-state index contributed by atoms with van der Waals surface area (Å²) in [6, 6.07) is 4.80. The highest BCUT2D eigenvalue weighted by atomic mass is 16.5. The van der Waals surface area contributed by atoms with E-state index in [-0.39, 0.29) is 0 Å². The van der Waals surface area contributed by atoms with Crippen molar-refractivity contribution in [1.29, 1.82) is 0 Å². The molecule has 0 saturated heterocycles. The van der Waals surface area contributed by atoms with Crippen LogP contribution < -0.4 is 10.5 Å². The molecule has 2 N–H and O–H groups in total. The molecule has 0 unspecified atom stereocenters. The first-order valence-corrected chi connectivity index (χ1v) is 5.37. The number of anilines is 1. The van der Waals surface area contributed by atoms with Gasteiger partial charge in [0.2, 0.25) is 0 Å². The maximum Gasteiger partial charge on any atom is 0.341 e. The molecule has 5 nitrogen and oxygen atoms in total. The van der Waals surface area contributed by atoms with Crippen LogP contribution in [0.2, 0.25) is 0 Å². The molecule has 0 aliphatic rings. The molecule has 1 aromatic rings. The van der Waals surface area contributed by atoms with Gasteiger partial charge in [-0.2, -0.15) is 0 Å². The molecule has 0 bridgehead atoms. The summed E-state index contributed by atoms with van der Waals surface area (Å²) in [7, 11) is 1.32. The quantitative estimate of drug-likeness (QED) is 0.462. The average molecular weight is 239 g/mol. The third-order valence-corrected chi connectivity index (χ3v) is 2.10. The van der Waals surface area contributed by atoms with Gasteiger partial charge in [0.1, 0.15) is 17.9 Å². The van der Waals surface area contributed by atoms with E-state index in [1.165, 1.54) is 7.11 Å². The fourth-order valence-electron chi connectivity index (χ4n) is 1.29. The monoisotopic (exact) mass is 239 g/mol. The summed E-state index contributed by atoms with van der Waals surface area (Å²) in [6.07, 6.45) is 0. The van der Waals surface area contributed by atoms with Crippen LogP contribution in [0, 0.1) is 0 Å². The highest BCUT2D eigenvalue weighted by molar-refractivity contribution is 5.93. The molecule has 1 aromatic carbocycles. The number of hydrogen-bond donors (Lipinski definition) is 1. The fourth-order valence-corrected chi connectivity index (χ4v) is 1.29. The molecule has 5 heteroatoms. The van der Waals surface area contributed by atoms with Crippen molar-refractivity contribution in [2.45, 2.75) is 6.92 Å². The second-order valence-corrected chi connectivity index (χ2v) is 3.29. The second kappa shape index (κ2) is 6.75. The van der Waals surface area contributed by atoms with E-state index in [9.17, 15) is 4.79 Å². The summed E-state index contributed by atoms with van der Waals surface area (Å²) >= 11 is 0. The number of benzene rings is 1. The van der Waals surface area contributed by atoms with Crippen molar-refractivity contribution in [2.75, 3.05) is 32.7 Å². The van der Waals surface area contributed by atoms with Gasteiger partial charge in [0.25, 0.3) is 0 Å². The molecular weight excluding hydrogens is 222 g/mol. The summed E-state index contributed by atoms with van der Waals surface area (Å²) in [5.74, 6) is -0.0343. The Morgan fingerprint density at radius 2 is 2.12 bits per heavy atom. The van der Waals surface area contributed by atoms with Gasteiger partial charge in [0.05, 0.1) is 13.7 Å². The third-order valence-electron chi connectivity index (χ3n) is 2.10. The Bertz CT molecular complexity index is 379. The first-order chi connectivity index (χ1) is 8.19. The van der Waals surface area contributed by atoms with Crippen LogP contribution >= 0.6 is 0 Å². The molecule has 0 amide bonds. The van der Waals surface area contributed by atoms with E-state index in [1.54, 1.807) is 18.2 Å². The Balaban J connectivity index is 2.73. The molecule has 0 saturated carbocycles. The SMILES string of the molecule is CCOCCOc1cc(N)ccc1C(=O)OC. The van der Waals surface area contributed by atoms with E-state index in [2.05, 4.69) is 4.74 Å². The predicted molar refractivity (Wildman–Crippen MR) is 64.2 cm³/mol. The Kier molecular flexibility index (Phi) is 5.29. The van der Waals surface area contributed by atoms with Crippen LogP contribution in [0.5, 0.6) is 5.75 Å². The van der Waals surface area contributed by atoms with Gasteiger partial charge in [0.15, 0.2) is 0 Å². The highest BCUT2D eigenvalue weighted by Gasteiger charge is 2.13. The van der Waals surface area contributed by atoms with Gasteiger partial charge < -0.3 is 19.9 Å². The largest absolute Gasteiger partial charge is 0.490 e. The van der Waals surface area contributed by atoms with Gasteiger partial charge in [0, 0.05) is 18.4 Å². The zero-order chi connectivity index (χ0) is 12.7. The molecule has 0 fully saturated rings. The van der Waals surface area contributed by atoms with Crippen molar-refractivity contribution in [3.63, 3.8) is 0 Å². The normalized spacial score (nSPS) is 10.0. The van der Waals surface area contributed by atoms with E-state index >= 15 is 0 Å². The topological polar surface area (TPSA) is 70.8 Å². The van der Waals surface area contributed by atoms with Gasteiger partial charge in [-0.3, -0.25) is 0 Å². The average Bonchev–Trinajstić information content (AvgIpc) is 2.34. The number of rotatable bonds is 6. The lowest BCUT2D eigenvalue weighted by Gasteiger charge is -2.10. The smallest absolute Gasteiger partial charge is 0.341 e. The molecule has 1 rings (SSSR count). The summed E-state index contributed by atoms with van der Waals surface area (Å²) in [4.78, 5) is 11.5. The summed E-state index contributed by atoms with van der Waals surface area (Å²) in [5.41, 5.74) is 6.53. The van der Waals surface area contributed by atoms with Gasteiger partial charge in [-0.15, -0.1) is 0 Å². The van der Waals surface area contributed by atoms with E-state index in [4.69, 9.17) is 15.2 Å². The van der Waals surface area contributed by atoms with E-state index in [0.29, 0.717) is 36.8 Å². The van der Waals surface area contributed by atoms with Crippen molar-refractivity contribution >= 4 is 11.7 Å². The number of nitrogens with two attached hydrogens (primary N) is 1. The van der Waals surface area contributed by atoms with Crippen molar-refractivity contribution in [3.8, 4) is 5.75 Å². The molecule has 94 valence electrons. The van der Waals surface area contributed by atoms with Crippen molar-refractivity contribution in [1.82, 2.24) is 0 Å². The molecule has 0 aromatic heterocycles. The van der Waals surface area contributed by atoms with Gasteiger partial charge in [-0.1, -0.05) is 0 Å². The lowest BCUT2D eigenvalue weighted by molar-refractivity contribution is 0.0592. The van der Waals surface area contributed by atoms with Crippen molar-refractivity contribution in [2.24, 2.45) is 0 Å². The fraction of sp³-hybridized carbons (Fsp3) is 0.417. The van der Waals surface area contributed by atoms with Crippen LogP contribution in [0.4, 0.5) is 5.69 Å².